The zero-order valence-corrected chi connectivity index (χ0v) is 15.5. The van der Waals surface area contributed by atoms with Crippen molar-refractivity contribution in [1.82, 2.24) is 14.5 Å². The van der Waals surface area contributed by atoms with Crippen molar-refractivity contribution >= 4 is 33.6 Å². The van der Waals surface area contributed by atoms with Crippen molar-refractivity contribution in [3.8, 4) is 0 Å². The molecular weight excluding hydrogens is 370 g/mol. The Hall–Kier alpha value is -1.68. The maximum absolute atomic E-state index is 12.6. The van der Waals surface area contributed by atoms with Crippen molar-refractivity contribution in [2.45, 2.75) is 17.9 Å². The minimum Gasteiger partial charge on any atom is -0.453 e. The maximum Gasteiger partial charge on any atom is 0.413 e. The van der Waals surface area contributed by atoms with Gasteiger partial charge in [0.1, 0.15) is 0 Å². The fraction of sp³-hybridized carbons (Fsp3) is 0.467. The van der Waals surface area contributed by atoms with E-state index < -0.39 is 28.1 Å². The van der Waals surface area contributed by atoms with Gasteiger partial charge in [-0.1, -0.05) is 17.7 Å². The molecule has 0 aliphatic carbocycles. The second-order valence-corrected chi connectivity index (χ2v) is 7.93. The third kappa shape index (κ3) is 4.69. The summed E-state index contributed by atoms with van der Waals surface area (Å²) in [5.41, 5.74) is 0. The van der Waals surface area contributed by atoms with Crippen LogP contribution in [0.5, 0.6) is 0 Å². The summed E-state index contributed by atoms with van der Waals surface area (Å²) in [4.78, 5) is 25.0. The number of ether oxygens (including phenoxy) is 1. The molecule has 1 N–H and O–H groups in total. The zero-order valence-electron chi connectivity index (χ0n) is 13.9. The van der Waals surface area contributed by atoms with E-state index in [1.165, 1.54) is 23.5 Å². The first kappa shape index (κ1) is 19.6. The lowest BCUT2D eigenvalue weighted by molar-refractivity contribution is -0.125. The molecule has 25 heavy (non-hydrogen) atoms. The molecule has 10 heteroatoms. The molecule has 0 unspecified atom stereocenters. The van der Waals surface area contributed by atoms with E-state index in [4.69, 9.17) is 11.6 Å². The van der Waals surface area contributed by atoms with E-state index in [1.807, 2.05) is 4.90 Å². The summed E-state index contributed by atoms with van der Waals surface area (Å²) in [5, 5.41) is 2.47. The quantitative estimate of drug-likeness (QED) is 0.822. The van der Waals surface area contributed by atoms with Crippen LogP contribution in [0, 0.1) is 0 Å². The van der Waals surface area contributed by atoms with Gasteiger partial charge in [0, 0.05) is 31.2 Å². The summed E-state index contributed by atoms with van der Waals surface area (Å²) >= 11 is 5.87. The summed E-state index contributed by atoms with van der Waals surface area (Å²) in [5.74, 6) is -0.488. The number of halogens is 1. The molecule has 8 nitrogen and oxygen atoms in total. The third-order valence-electron chi connectivity index (χ3n) is 4.04. The number of carbonyl (C=O) groups is 2. The minimum absolute atomic E-state index is 0.143. The van der Waals surface area contributed by atoms with E-state index in [9.17, 15) is 18.0 Å². The second kappa shape index (κ2) is 8.13. The van der Waals surface area contributed by atoms with E-state index in [0.29, 0.717) is 18.1 Å². The normalized spacial score (nSPS) is 17.7. The molecule has 1 saturated heterocycles. The van der Waals surface area contributed by atoms with Gasteiger partial charge in [-0.2, -0.15) is 4.31 Å². The summed E-state index contributed by atoms with van der Waals surface area (Å²) in [6, 6.07) is 5.54. The summed E-state index contributed by atoms with van der Waals surface area (Å²) in [6.45, 7) is 2.87. The van der Waals surface area contributed by atoms with Gasteiger partial charge in [0.05, 0.1) is 18.0 Å². The molecule has 0 radical (unpaired) electrons. The molecule has 1 aromatic carbocycles. The van der Waals surface area contributed by atoms with E-state index in [-0.39, 0.29) is 18.0 Å². The van der Waals surface area contributed by atoms with Crippen molar-refractivity contribution in [3.63, 3.8) is 0 Å². The average molecular weight is 390 g/mol. The van der Waals surface area contributed by atoms with Gasteiger partial charge in [-0.3, -0.25) is 15.0 Å². The average Bonchev–Trinajstić information content (AvgIpc) is 2.61. The van der Waals surface area contributed by atoms with Crippen molar-refractivity contribution in [2.75, 3.05) is 33.3 Å². The third-order valence-corrected chi connectivity index (χ3v) is 6.17. The van der Waals surface area contributed by atoms with Gasteiger partial charge in [-0.15, -0.1) is 0 Å². The second-order valence-electron chi connectivity index (χ2n) is 5.55. The Kier molecular flexibility index (Phi) is 6.39. The van der Waals surface area contributed by atoms with Gasteiger partial charge < -0.3 is 4.74 Å². The van der Waals surface area contributed by atoms with Crippen LogP contribution in [0.1, 0.15) is 6.92 Å². The molecule has 2 amide bonds. The number of alkyl carbamates (subject to hydrolysis) is 1. The number of benzene rings is 1. The van der Waals surface area contributed by atoms with E-state index in [2.05, 4.69) is 10.1 Å². The number of nitrogens with zero attached hydrogens (tertiary/aromatic N) is 2. The predicted octanol–water partition coefficient (Wildman–Crippen LogP) is 0.917. The van der Waals surface area contributed by atoms with E-state index in [1.54, 1.807) is 19.1 Å². The van der Waals surface area contributed by atoms with Crippen LogP contribution in [-0.4, -0.2) is 69.0 Å². The Labute approximate surface area is 151 Å². The number of hydrogen-bond donors (Lipinski definition) is 1. The first-order valence-electron chi connectivity index (χ1n) is 7.64. The Bertz CT molecular complexity index is 747. The predicted molar refractivity (Wildman–Crippen MR) is 91.8 cm³/mol. The molecule has 1 aliphatic rings. The van der Waals surface area contributed by atoms with Crippen LogP contribution in [0.2, 0.25) is 5.02 Å². The first-order chi connectivity index (χ1) is 11.8. The van der Waals surface area contributed by atoms with Crippen molar-refractivity contribution in [3.05, 3.63) is 29.3 Å². The number of nitrogens with one attached hydrogen (secondary N) is 1. The fourth-order valence-electron chi connectivity index (χ4n) is 2.53. The molecular formula is C15H20ClN3O5S. The van der Waals surface area contributed by atoms with Gasteiger partial charge in [-0.25, -0.2) is 13.2 Å². The monoisotopic (exact) mass is 389 g/mol. The van der Waals surface area contributed by atoms with E-state index in [0.717, 1.165) is 0 Å². The molecule has 0 spiro atoms. The number of imide groups is 1. The first-order valence-corrected chi connectivity index (χ1v) is 9.46. The number of rotatable bonds is 4. The van der Waals surface area contributed by atoms with Crippen LogP contribution in [0.4, 0.5) is 4.79 Å². The number of piperazine rings is 1. The Morgan fingerprint density at radius 1 is 1.24 bits per heavy atom. The number of carbonyl (C=O) groups excluding carboxylic acids is 2. The molecule has 0 aromatic heterocycles. The topological polar surface area (TPSA) is 96.0 Å². The van der Waals surface area contributed by atoms with Crippen molar-refractivity contribution in [1.29, 1.82) is 0 Å². The number of sulfonamides is 1. The number of methoxy groups -OCH3 is 1. The van der Waals surface area contributed by atoms with Crippen LogP contribution in [-0.2, 0) is 19.6 Å². The van der Waals surface area contributed by atoms with Crippen LogP contribution in [0.3, 0.4) is 0 Å². The molecule has 1 atom stereocenters. The molecule has 2 rings (SSSR count). The summed E-state index contributed by atoms with van der Waals surface area (Å²) < 4.78 is 31.0. The highest BCUT2D eigenvalue weighted by Crippen LogP contribution is 2.21. The lowest BCUT2D eigenvalue weighted by Gasteiger charge is -2.36. The highest BCUT2D eigenvalue weighted by Gasteiger charge is 2.32. The lowest BCUT2D eigenvalue weighted by Crippen LogP contribution is -2.55. The van der Waals surface area contributed by atoms with Crippen LogP contribution in [0.25, 0.3) is 0 Å². The highest BCUT2D eigenvalue weighted by molar-refractivity contribution is 7.89. The van der Waals surface area contributed by atoms with Gasteiger partial charge in [0.15, 0.2) is 0 Å². The minimum atomic E-state index is -3.63. The molecule has 1 fully saturated rings. The maximum atomic E-state index is 12.6. The van der Waals surface area contributed by atoms with Crippen LogP contribution < -0.4 is 5.32 Å². The summed E-state index contributed by atoms with van der Waals surface area (Å²) in [7, 11) is -2.46. The Balaban J connectivity index is 1.99. The fourth-order valence-corrected chi connectivity index (χ4v) is 4.25. The Morgan fingerprint density at radius 3 is 2.44 bits per heavy atom. The van der Waals surface area contributed by atoms with Crippen molar-refractivity contribution in [2.24, 2.45) is 0 Å². The molecule has 1 aliphatic heterocycles. The number of amides is 2. The molecule has 138 valence electrons. The smallest absolute Gasteiger partial charge is 0.413 e. The van der Waals surface area contributed by atoms with Gasteiger partial charge in [0.2, 0.25) is 15.9 Å². The molecule has 1 aromatic rings. The van der Waals surface area contributed by atoms with Crippen molar-refractivity contribution < 1.29 is 22.7 Å². The van der Waals surface area contributed by atoms with E-state index >= 15 is 0 Å². The van der Waals surface area contributed by atoms with Gasteiger partial charge >= 0.3 is 6.09 Å². The van der Waals surface area contributed by atoms with Gasteiger partial charge in [0.25, 0.3) is 0 Å². The summed E-state index contributed by atoms with van der Waals surface area (Å²) in [6.07, 6.45) is -0.820. The van der Waals surface area contributed by atoms with Crippen LogP contribution >= 0.6 is 11.6 Å². The standard InChI is InChI=1S/C15H20ClN3O5S/c1-11(14(20)17-15(21)24-2)18-6-8-19(9-7-18)25(22,23)13-5-3-4-12(16)10-13/h3-5,10-11H,6-9H2,1-2H3,(H,17,20,21)/t11-/m1/s1. The SMILES string of the molecule is COC(=O)NC(=O)[C@@H](C)N1CCN(S(=O)(=O)c2cccc(Cl)c2)CC1. The van der Waals surface area contributed by atoms with Gasteiger partial charge in [-0.05, 0) is 25.1 Å². The van der Waals surface area contributed by atoms with Crippen LogP contribution in [0.15, 0.2) is 29.2 Å². The number of hydrogen-bond acceptors (Lipinski definition) is 6. The lowest BCUT2D eigenvalue weighted by atomic mass is 10.2. The molecule has 0 bridgehead atoms. The zero-order chi connectivity index (χ0) is 18.6. The largest absolute Gasteiger partial charge is 0.453 e. The molecule has 0 saturated carbocycles. The molecule has 1 heterocycles. The Morgan fingerprint density at radius 2 is 1.88 bits per heavy atom. The highest BCUT2D eigenvalue weighted by atomic mass is 35.5.